The fourth-order valence-corrected chi connectivity index (χ4v) is 4.80. The predicted octanol–water partition coefficient (Wildman–Crippen LogP) is 4.25. The average molecular weight is 559 g/mol. The number of phenols is 1. The van der Waals surface area contributed by atoms with Crippen molar-refractivity contribution in [1.29, 1.82) is 0 Å². The van der Waals surface area contributed by atoms with Crippen molar-refractivity contribution in [2.75, 3.05) is 19.7 Å². The molecule has 0 amide bonds. The maximum atomic E-state index is 10.9. The van der Waals surface area contributed by atoms with Gasteiger partial charge in [-0.25, -0.2) is 0 Å². The van der Waals surface area contributed by atoms with E-state index in [1.165, 1.54) is 5.56 Å². The Labute approximate surface area is 267 Å². The molecular weight excluding hydrogens is 518 g/mol. The van der Waals surface area contributed by atoms with Crippen molar-refractivity contribution in [1.82, 2.24) is 4.90 Å². The number of rotatable bonds is 13. The molecule has 0 aliphatic heterocycles. The molecule has 0 heterocycles. The van der Waals surface area contributed by atoms with Gasteiger partial charge in [0.15, 0.2) is 0 Å². The van der Waals surface area contributed by atoms with Gasteiger partial charge in [0, 0.05) is 30.0 Å². The van der Waals surface area contributed by atoms with Gasteiger partial charge in [-0.2, -0.15) is 0 Å². The van der Waals surface area contributed by atoms with Gasteiger partial charge in [0.1, 0.15) is 11.5 Å². The van der Waals surface area contributed by atoms with Crippen LogP contribution in [-0.2, 0) is 12.8 Å². The first-order valence-electron chi connectivity index (χ1n) is 12.9. The van der Waals surface area contributed by atoms with Crippen molar-refractivity contribution in [2.24, 2.45) is 0 Å². The Kier molecular flexibility index (Phi) is 13.9. The molecule has 0 fully saturated rings. The minimum Gasteiger partial charge on any atom is -0.677 e. The summed E-state index contributed by atoms with van der Waals surface area (Å²) < 4.78 is 5.97. The molecule has 0 bridgehead atoms. The zero-order chi connectivity index (χ0) is 25.2. The van der Waals surface area contributed by atoms with E-state index >= 15 is 0 Å². The second kappa shape index (κ2) is 16.1. The van der Waals surface area contributed by atoms with Crippen LogP contribution in [0, 0.1) is 0 Å². The van der Waals surface area contributed by atoms with Gasteiger partial charge in [0.2, 0.25) is 0 Å². The van der Waals surface area contributed by atoms with E-state index in [0.717, 1.165) is 48.2 Å². The van der Waals surface area contributed by atoms with E-state index in [0.29, 0.717) is 31.0 Å². The van der Waals surface area contributed by atoms with Gasteiger partial charge in [-0.05, 0) is 82.0 Å². The van der Waals surface area contributed by atoms with E-state index in [-0.39, 0.29) is 64.1 Å². The number of phenolic OH excluding ortho intramolecular Hbond substituents is 1. The summed E-state index contributed by atoms with van der Waals surface area (Å²) in [5.41, 5.74) is 11.9. The van der Waals surface area contributed by atoms with Gasteiger partial charge in [-0.15, -0.1) is 6.54 Å². The van der Waals surface area contributed by atoms with Crippen molar-refractivity contribution < 1.29 is 68.0 Å². The summed E-state index contributed by atoms with van der Waals surface area (Å²) in [4.78, 5) is 2.51. The van der Waals surface area contributed by atoms with Crippen LogP contribution in [0.15, 0.2) is 72.8 Å². The molecule has 0 aromatic heterocycles. The molecule has 188 valence electrons. The number of aromatic hydroxyl groups is 1. The summed E-state index contributed by atoms with van der Waals surface area (Å²) in [5, 5.41) is 10.9. The van der Waals surface area contributed by atoms with E-state index < -0.39 is 0 Å². The molecule has 0 aliphatic carbocycles. The Morgan fingerprint density at radius 3 is 2.08 bits per heavy atom. The number of nitrogens with one attached hydrogen (secondary N) is 1. The first kappa shape index (κ1) is 31.2. The van der Waals surface area contributed by atoms with Crippen LogP contribution < -0.4 is 62.9 Å². The maximum absolute atomic E-state index is 10.9. The third kappa shape index (κ3) is 9.38. The zero-order valence-corrected chi connectivity index (χ0v) is 27.6. The molecule has 1 atom stereocenters. The molecule has 3 aromatic rings. The molecule has 0 saturated carbocycles. The third-order valence-electron chi connectivity index (χ3n) is 6.67. The molecule has 3 rings (SSSR count). The third-order valence-corrected chi connectivity index (χ3v) is 6.67. The maximum Gasteiger partial charge on any atom is 1.00 e. The van der Waals surface area contributed by atoms with Crippen LogP contribution in [0.4, 0.5) is 0 Å². The van der Waals surface area contributed by atoms with Gasteiger partial charge in [0.05, 0.1) is 6.61 Å². The first-order chi connectivity index (χ1) is 16.9. The summed E-state index contributed by atoms with van der Waals surface area (Å²) in [5.74, 6) is 1.33. The summed E-state index contributed by atoms with van der Waals surface area (Å²) in [6, 6.07) is 25.5. The number of hydrogen-bond acceptors (Lipinski definition) is 3. The topological polar surface area (TPSA) is 56.5 Å². The zero-order valence-electron chi connectivity index (χ0n) is 22.7. The number of benzene rings is 3. The molecule has 0 radical (unpaired) electrons. The smallest absolute Gasteiger partial charge is 0.677 e. The normalized spacial score (nSPS) is 12.1. The summed E-state index contributed by atoms with van der Waals surface area (Å²) >= 11 is 0. The van der Waals surface area contributed by atoms with Gasteiger partial charge >= 0.3 is 58.2 Å². The fraction of sp³-hybridized carbons (Fsp3) is 0.419. The summed E-state index contributed by atoms with van der Waals surface area (Å²) in [6.45, 7) is 10.9. The van der Waals surface area contributed by atoms with E-state index in [4.69, 9.17) is 10.5 Å². The Bertz CT molecular complexity index is 1010. The molecule has 0 aliphatic rings. The second-order valence-corrected chi connectivity index (χ2v) is 9.81. The molecule has 3 aromatic carbocycles. The molecule has 0 unspecified atom stereocenters. The first-order valence-corrected chi connectivity index (χ1v) is 12.9. The van der Waals surface area contributed by atoms with Crippen molar-refractivity contribution in [3.8, 4) is 11.5 Å². The van der Waals surface area contributed by atoms with E-state index in [9.17, 15) is 5.11 Å². The van der Waals surface area contributed by atoms with Crippen LogP contribution in [-0.4, -0.2) is 41.8 Å². The van der Waals surface area contributed by atoms with Crippen LogP contribution in [0.2, 0.25) is 0 Å². The number of nitrogens with zero attached hydrogens (tertiary/aromatic N) is 1. The second-order valence-electron chi connectivity index (χ2n) is 9.81. The summed E-state index contributed by atoms with van der Waals surface area (Å²) in [6.07, 6.45) is 2.48. The Hall–Kier alpha value is -1.01. The van der Waals surface area contributed by atoms with Crippen LogP contribution in [0.1, 0.15) is 62.3 Å². The van der Waals surface area contributed by atoms with Gasteiger partial charge in [-0.1, -0.05) is 54.6 Å². The Balaban J connectivity index is 0.00000456. The van der Waals surface area contributed by atoms with E-state index in [2.05, 4.69) is 62.9 Å². The van der Waals surface area contributed by atoms with Crippen molar-refractivity contribution in [3.05, 3.63) is 101 Å². The van der Waals surface area contributed by atoms with Gasteiger partial charge < -0.3 is 15.6 Å². The predicted molar refractivity (Wildman–Crippen MR) is 147 cm³/mol. The van der Waals surface area contributed by atoms with E-state index in [1.807, 2.05) is 42.5 Å². The summed E-state index contributed by atoms with van der Waals surface area (Å²) in [7, 11) is 0. The molecule has 2 N–H and O–H groups in total. The number of hydrogen-bond donors (Lipinski definition) is 1. The molecule has 5 heteroatoms. The van der Waals surface area contributed by atoms with Gasteiger partial charge in [-0.3, -0.25) is 4.90 Å². The Morgan fingerprint density at radius 2 is 1.47 bits per heavy atom. The molecule has 0 saturated heterocycles. The largest absolute Gasteiger partial charge is 1.00 e. The molecule has 0 spiro atoms. The minimum atomic E-state index is 0. The van der Waals surface area contributed by atoms with E-state index in [1.54, 1.807) is 0 Å². The minimum absolute atomic E-state index is 0. The SMILES string of the molecule is CC(C)N(CC[C@H](c1ccccc1)c1cc(CCOc2ccc(CC[NH-])cc2)ccc1O)C(C)C.[Rb+]. The van der Waals surface area contributed by atoms with Crippen molar-refractivity contribution >= 4 is 0 Å². The molecular formula is C31H41N2O2Rb. The standard InChI is InChI=1S/C31H41N2O2.Rb/c1-23(2)33(24(3)4)20-17-29(27-8-6-5-7-9-27)30-22-26(12-15-31(30)34)18-21-35-28-13-10-25(11-14-28)16-19-32;/h5-15,22-24,29,32,34H,16-21H2,1-4H3;/q-1;+1/t29-;/m1./s1. The van der Waals surface area contributed by atoms with Crippen LogP contribution >= 0.6 is 0 Å². The quantitative estimate of drug-likeness (QED) is 0.341. The van der Waals surface area contributed by atoms with Gasteiger partial charge in [0.25, 0.3) is 0 Å². The average Bonchev–Trinajstić information content (AvgIpc) is 2.84. The van der Waals surface area contributed by atoms with Crippen LogP contribution in [0.25, 0.3) is 5.73 Å². The fourth-order valence-electron chi connectivity index (χ4n) is 4.80. The van der Waals surface area contributed by atoms with Crippen LogP contribution in [0.3, 0.4) is 0 Å². The monoisotopic (exact) mass is 558 g/mol. The molecule has 4 nitrogen and oxygen atoms in total. The number of ether oxygens (including phenoxy) is 1. The van der Waals surface area contributed by atoms with Crippen LogP contribution in [0.5, 0.6) is 11.5 Å². The molecule has 36 heavy (non-hydrogen) atoms. The Morgan fingerprint density at radius 1 is 0.833 bits per heavy atom. The van der Waals surface area contributed by atoms with Crippen molar-refractivity contribution in [3.63, 3.8) is 0 Å². The van der Waals surface area contributed by atoms with Crippen molar-refractivity contribution in [2.45, 2.75) is 65.0 Å².